The van der Waals surface area contributed by atoms with Gasteiger partial charge in [0.25, 0.3) is 5.69 Å². The molecule has 16 nitrogen and oxygen atoms in total. The third-order valence-electron chi connectivity index (χ3n) is 6.54. The predicted molar refractivity (Wildman–Crippen MR) is 154 cm³/mol. The van der Waals surface area contributed by atoms with Crippen LogP contribution >= 0.6 is 11.6 Å². The maximum absolute atomic E-state index is 13.2. The Kier molecular flexibility index (Phi) is 10.9. The number of hydrogen-bond acceptors (Lipinski definition) is 12. The Labute approximate surface area is 257 Å². The van der Waals surface area contributed by atoms with E-state index in [0.29, 0.717) is 28.9 Å². The first-order valence-electron chi connectivity index (χ1n) is 12.7. The number of nitrogens with zero attached hydrogens (tertiary/aromatic N) is 4. The number of rotatable bonds is 6. The minimum absolute atomic E-state index is 0.105. The largest absolute Gasteiger partial charge is 0.492 e. The van der Waals surface area contributed by atoms with E-state index in [1.54, 1.807) is 13.0 Å². The van der Waals surface area contributed by atoms with Crippen molar-refractivity contribution in [2.24, 2.45) is 4.99 Å². The quantitative estimate of drug-likeness (QED) is 0.106. The highest BCUT2D eigenvalue weighted by Crippen LogP contribution is 2.43. The van der Waals surface area contributed by atoms with Crippen LogP contribution in [0, 0.1) is 17.0 Å². The number of nitro benzene ring substituents is 1. The van der Waals surface area contributed by atoms with Gasteiger partial charge in [-0.3, -0.25) is 10.1 Å². The summed E-state index contributed by atoms with van der Waals surface area (Å²) in [7, 11) is -0.157. The minimum Gasteiger partial charge on any atom is -0.492 e. The molecule has 0 N–H and O–H groups in total. The predicted octanol–water partition coefficient (Wildman–Crippen LogP) is 4.47. The molecule has 1 saturated heterocycles. The molecule has 0 bridgehead atoms. The molecule has 44 heavy (non-hydrogen) atoms. The molecule has 0 atom stereocenters. The fourth-order valence-corrected chi connectivity index (χ4v) is 6.05. The van der Waals surface area contributed by atoms with Crippen molar-refractivity contribution in [1.82, 2.24) is 9.80 Å². The number of piperidine rings is 1. The van der Waals surface area contributed by atoms with Gasteiger partial charge in [0.1, 0.15) is 9.92 Å². The molecule has 2 aromatic carbocycles. The smallest absolute Gasteiger partial charge is 0.436 e. The van der Waals surface area contributed by atoms with Gasteiger partial charge in [0, 0.05) is 24.7 Å². The molecule has 0 aromatic heterocycles. The number of methoxy groups -OCH3 is 4. The van der Waals surface area contributed by atoms with Crippen LogP contribution in [0.15, 0.2) is 40.2 Å². The summed E-state index contributed by atoms with van der Waals surface area (Å²) in [4.78, 5) is 52.5. The summed E-state index contributed by atoms with van der Waals surface area (Å²) in [6, 6.07) is 6.55. The van der Waals surface area contributed by atoms with Crippen LogP contribution < -0.4 is 8.92 Å². The molecule has 1 heterocycles. The average Bonchev–Trinajstić information content (AvgIpc) is 2.99. The van der Waals surface area contributed by atoms with Gasteiger partial charge in [-0.1, -0.05) is 23.7 Å². The van der Waals surface area contributed by atoms with Crippen molar-refractivity contribution in [3.05, 3.63) is 56.6 Å². The van der Waals surface area contributed by atoms with Crippen molar-refractivity contribution in [1.29, 1.82) is 0 Å². The van der Waals surface area contributed by atoms with Crippen LogP contribution in [0.1, 0.15) is 29.9 Å². The van der Waals surface area contributed by atoms with Crippen LogP contribution in [0.25, 0.3) is 0 Å². The van der Waals surface area contributed by atoms with E-state index in [9.17, 15) is 32.9 Å². The van der Waals surface area contributed by atoms with Crippen LogP contribution in [0.4, 0.5) is 20.1 Å². The van der Waals surface area contributed by atoms with Crippen molar-refractivity contribution >= 4 is 51.6 Å². The van der Waals surface area contributed by atoms with E-state index in [1.165, 1.54) is 24.1 Å². The summed E-state index contributed by atoms with van der Waals surface area (Å²) in [6.45, 7) is 2.04. The number of likely N-dealkylation sites (tertiary alicyclic amines) is 1. The van der Waals surface area contributed by atoms with Crippen molar-refractivity contribution in [3.63, 3.8) is 0 Å². The van der Waals surface area contributed by atoms with Gasteiger partial charge in [-0.25, -0.2) is 14.4 Å². The van der Waals surface area contributed by atoms with Gasteiger partial charge < -0.3 is 28.0 Å². The van der Waals surface area contributed by atoms with Gasteiger partial charge in [0.05, 0.1) is 33.4 Å². The maximum Gasteiger partial charge on any atom is 0.436 e. The zero-order chi connectivity index (χ0) is 32.8. The molecular weight excluding hydrogens is 628 g/mol. The lowest BCUT2D eigenvalue weighted by atomic mass is 9.87. The number of aryl methyl sites for hydroxylation is 1. The number of aliphatic imine (C=N–C) groups is 1. The molecule has 1 aliphatic heterocycles. The van der Waals surface area contributed by atoms with Crippen molar-refractivity contribution in [2.75, 3.05) is 41.5 Å². The standard InChI is InChI=1S/C26H29ClN4O12S/c1-15-13-17(22(39-2)19(14-15)43-44(37,38)20-8-6-7-18(21(20)27)31(35)36)16-9-11-29(12-10-16)23(28-24(32)40-3)30(25(33)41-4)26(34)42-5/h6-8,13-14,16H,9-12H2,1-5H3. The van der Waals surface area contributed by atoms with Crippen molar-refractivity contribution in [3.8, 4) is 11.5 Å². The van der Waals surface area contributed by atoms with Crippen LogP contribution in [-0.4, -0.2) is 88.9 Å². The van der Waals surface area contributed by atoms with Gasteiger partial charge in [-0.05, 0) is 43.4 Å². The summed E-state index contributed by atoms with van der Waals surface area (Å²) in [5, 5.41) is 10.7. The Morgan fingerprint density at radius 3 is 2.18 bits per heavy atom. The van der Waals surface area contributed by atoms with Gasteiger partial charge >= 0.3 is 28.4 Å². The van der Waals surface area contributed by atoms with Crippen LogP contribution in [0.3, 0.4) is 0 Å². The Morgan fingerprint density at radius 1 is 1.05 bits per heavy atom. The summed E-state index contributed by atoms with van der Waals surface area (Å²) < 4.78 is 51.3. The first kappa shape index (κ1) is 33.9. The molecule has 2 aromatic rings. The Bertz CT molecular complexity index is 1570. The second-order valence-corrected chi connectivity index (χ2v) is 11.1. The van der Waals surface area contributed by atoms with Gasteiger partial charge in [0.15, 0.2) is 11.5 Å². The maximum atomic E-state index is 13.2. The Balaban J connectivity index is 1.95. The van der Waals surface area contributed by atoms with E-state index in [-0.39, 0.29) is 36.5 Å². The lowest BCUT2D eigenvalue weighted by molar-refractivity contribution is -0.384. The molecule has 0 aliphatic carbocycles. The molecule has 0 saturated carbocycles. The number of amides is 3. The number of imide groups is 1. The number of hydrogen-bond donors (Lipinski definition) is 0. The number of carbonyl (C=O) groups excluding carboxylic acids is 3. The molecule has 0 radical (unpaired) electrons. The summed E-state index contributed by atoms with van der Waals surface area (Å²) in [5.41, 5.74) is 0.605. The molecular formula is C26H29ClN4O12S. The molecule has 18 heteroatoms. The lowest BCUT2D eigenvalue weighted by Gasteiger charge is -2.36. The number of guanidine groups is 1. The first-order valence-corrected chi connectivity index (χ1v) is 14.5. The molecule has 1 fully saturated rings. The Morgan fingerprint density at radius 2 is 1.66 bits per heavy atom. The zero-order valence-corrected chi connectivity index (χ0v) is 25.8. The van der Waals surface area contributed by atoms with Crippen LogP contribution in [0.2, 0.25) is 5.02 Å². The number of halogens is 1. The first-order chi connectivity index (χ1) is 20.8. The highest BCUT2D eigenvalue weighted by molar-refractivity contribution is 7.87. The van der Waals surface area contributed by atoms with Gasteiger partial charge in [-0.15, -0.1) is 9.89 Å². The van der Waals surface area contributed by atoms with E-state index in [2.05, 4.69) is 19.2 Å². The lowest BCUT2D eigenvalue weighted by Crippen LogP contribution is -2.52. The van der Waals surface area contributed by atoms with Gasteiger partial charge in [-0.2, -0.15) is 8.42 Å². The fraction of sp³-hybridized carbons (Fsp3) is 0.385. The average molecular weight is 657 g/mol. The number of carbonyl (C=O) groups is 3. The van der Waals surface area contributed by atoms with E-state index < -0.39 is 48.9 Å². The third-order valence-corrected chi connectivity index (χ3v) is 8.33. The van der Waals surface area contributed by atoms with Crippen LogP contribution in [-0.2, 0) is 24.3 Å². The highest BCUT2D eigenvalue weighted by atomic mass is 35.5. The molecule has 3 rings (SSSR count). The van der Waals surface area contributed by atoms with Crippen molar-refractivity contribution in [2.45, 2.75) is 30.6 Å². The van der Waals surface area contributed by atoms with E-state index in [4.69, 9.17) is 20.5 Å². The number of benzene rings is 2. The molecule has 238 valence electrons. The van der Waals surface area contributed by atoms with E-state index in [0.717, 1.165) is 33.5 Å². The monoisotopic (exact) mass is 656 g/mol. The normalized spacial score (nSPS) is 14.0. The summed E-state index contributed by atoms with van der Waals surface area (Å²) in [5.74, 6) is -0.679. The van der Waals surface area contributed by atoms with Gasteiger partial charge in [0.2, 0.25) is 5.96 Å². The van der Waals surface area contributed by atoms with Crippen LogP contribution in [0.5, 0.6) is 11.5 Å². The van der Waals surface area contributed by atoms with Crippen molar-refractivity contribution < 1.29 is 50.9 Å². The second-order valence-electron chi connectivity index (χ2n) is 9.19. The van der Waals surface area contributed by atoms with E-state index >= 15 is 0 Å². The fourth-order valence-electron chi connectivity index (χ4n) is 4.55. The third kappa shape index (κ3) is 7.28. The number of ether oxygens (including phenoxy) is 4. The van der Waals surface area contributed by atoms with E-state index in [1.807, 2.05) is 0 Å². The Hall–Kier alpha value is -4.64. The minimum atomic E-state index is -4.64. The molecule has 3 amide bonds. The zero-order valence-electron chi connectivity index (χ0n) is 24.3. The SMILES string of the molecule is COC(=O)N=C(N1CCC(c2cc(C)cc(OS(=O)(=O)c3cccc([N+](=O)[O-])c3Cl)c2OC)CC1)N(C(=O)OC)C(=O)OC. The topological polar surface area (TPSA) is 193 Å². The summed E-state index contributed by atoms with van der Waals surface area (Å²) >= 11 is 6.04. The highest BCUT2D eigenvalue weighted by Gasteiger charge is 2.36. The molecule has 1 aliphatic rings. The molecule has 0 spiro atoms. The summed E-state index contributed by atoms with van der Waals surface area (Å²) in [6.07, 6.45) is -2.65. The second kappa shape index (κ2) is 14.2. The molecule has 0 unspecified atom stereocenters. The number of nitro groups is 1.